The van der Waals surface area contributed by atoms with Crippen molar-refractivity contribution in [3.05, 3.63) is 7.43 Å². The number of hydrogen-bond donors (Lipinski definition) is 0. The van der Waals surface area contributed by atoms with E-state index in [1.165, 1.54) is 0 Å². The van der Waals surface area contributed by atoms with Gasteiger partial charge in [0.2, 0.25) is 0 Å². The first-order chi connectivity index (χ1) is 0. The molecule has 0 rings (SSSR count). The second kappa shape index (κ2) is 44.6. The minimum absolute atomic E-state index is 0. The second-order valence-corrected chi connectivity index (χ2v) is 0. The summed E-state index contributed by atoms with van der Waals surface area (Å²) in [7, 11) is 0. The Kier molecular flexibility index (Phi) is 1150. The SMILES string of the molecule is [C].[Fe].[N].[S]. The van der Waals surface area contributed by atoms with Crippen LogP contribution in [0.4, 0.5) is 0 Å². The Morgan fingerprint density at radius 2 is 1.00 bits per heavy atom. The van der Waals surface area contributed by atoms with Gasteiger partial charge in [-0.25, -0.2) is 0 Å². The molecule has 0 amide bonds. The third-order valence-electron chi connectivity index (χ3n) is 0. The molecule has 0 atom stereocenters. The molecule has 0 saturated heterocycles. The molecule has 3 heteroatoms. The molecule has 1 nitrogen and oxygen atoms in total. The predicted octanol–water partition coefficient (Wildman–Crippen LogP) is 0.246. The zero-order valence-corrected chi connectivity index (χ0v) is 3.63. The van der Waals surface area contributed by atoms with E-state index in [2.05, 4.69) is 0 Å². The number of rotatable bonds is 0. The molecule has 0 heterocycles. The van der Waals surface area contributed by atoms with E-state index in [1.54, 1.807) is 0 Å². The van der Waals surface area contributed by atoms with Gasteiger partial charge >= 0.3 is 0 Å². The van der Waals surface area contributed by atoms with Crippen LogP contribution in [0.1, 0.15) is 0 Å². The molecular formula is CFeNS. The van der Waals surface area contributed by atoms with Crippen molar-refractivity contribution in [2.24, 2.45) is 0 Å². The third-order valence-corrected chi connectivity index (χ3v) is 0. The van der Waals surface area contributed by atoms with Crippen LogP contribution in [0.3, 0.4) is 0 Å². The fraction of sp³-hybridized carbons (Fsp3) is 0. The first kappa shape index (κ1) is 103. The number of hydrogen-bond acceptors (Lipinski definition) is 0. The maximum Gasteiger partial charge on any atom is 0 e. The third kappa shape index (κ3) is 13.8. The van der Waals surface area contributed by atoms with E-state index in [-0.39, 0.29) is 44.1 Å². The standard InChI is InChI=1S/C.Fe.N.S. The maximum atomic E-state index is 0. The molecule has 23 valence electrons. The summed E-state index contributed by atoms with van der Waals surface area (Å²) >= 11 is 0. The molecule has 4 heavy (non-hydrogen) atoms. The van der Waals surface area contributed by atoms with Crippen LogP contribution < -0.4 is 6.15 Å². The van der Waals surface area contributed by atoms with E-state index in [4.69, 9.17) is 0 Å². The maximum absolute atomic E-state index is 0. The van der Waals surface area contributed by atoms with E-state index in [1.807, 2.05) is 0 Å². The first-order valence-electron chi connectivity index (χ1n) is 0. The topological polar surface area (TPSA) is 30.5 Å². The van der Waals surface area contributed by atoms with E-state index >= 15 is 0 Å². The summed E-state index contributed by atoms with van der Waals surface area (Å²) in [6.45, 7) is 0. The summed E-state index contributed by atoms with van der Waals surface area (Å²) in [5.41, 5.74) is 0. The van der Waals surface area contributed by atoms with Crippen LogP contribution >= 0.6 is 13.5 Å². The van der Waals surface area contributed by atoms with Crippen molar-refractivity contribution in [1.29, 1.82) is 0 Å². The van der Waals surface area contributed by atoms with Gasteiger partial charge in [0.05, 0.1) is 0 Å². The monoisotopic (exact) mass is 114 g/mol. The van der Waals surface area contributed by atoms with Gasteiger partial charge in [0.25, 0.3) is 0 Å². The van der Waals surface area contributed by atoms with Crippen molar-refractivity contribution in [3.63, 3.8) is 0 Å². The van der Waals surface area contributed by atoms with Gasteiger partial charge in [-0.15, -0.1) is 0 Å². The molecule has 9 radical (unpaired) electrons. The molecule has 0 aliphatic heterocycles. The van der Waals surface area contributed by atoms with Gasteiger partial charge in [-0.2, -0.15) is 0 Å². The van der Waals surface area contributed by atoms with E-state index < -0.39 is 0 Å². The van der Waals surface area contributed by atoms with E-state index in [9.17, 15) is 0 Å². The van der Waals surface area contributed by atoms with Gasteiger partial charge in [-0.05, 0) is 0 Å². The Labute approximate surface area is 44.7 Å². The first-order valence-corrected chi connectivity index (χ1v) is 0. The van der Waals surface area contributed by atoms with Crippen molar-refractivity contribution < 1.29 is 17.1 Å². The molecule has 0 N–H and O–H groups in total. The van der Waals surface area contributed by atoms with Gasteiger partial charge in [0.15, 0.2) is 0 Å². The van der Waals surface area contributed by atoms with Crippen molar-refractivity contribution >= 4 is 13.5 Å². The normalized spacial score (nSPS) is 0. The fourth-order valence-corrected chi connectivity index (χ4v) is 0. The van der Waals surface area contributed by atoms with Crippen molar-refractivity contribution in [3.8, 4) is 0 Å². The fourth-order valence-electron chi connectivity index (χ4n) is 0. The minimum Gasteiger partial charge on any atom is 0 e. The van der Waals surface area contributed by atoms with Crippen LogP contribution in [-0.2, 0) is 17.1 Å². The van der Waals surface area contributed by atoms with Crippen molar-refractivity contribution in [2.45, 2.75) is 0 Å². The molecule has 0 aliphatic carbocycles. The molecule has 0 spiro atoms. The largest absolute Gasteiger partial charge is 0 e. The Balaban J connectivity index is 0. The Hall–Kier alpha value is 0.829. The summed E-state index contributed by atoms with van der Waals surface area (Å²) in [5, 5.41) is 0. The zero-order valence-electron chi connectivity index (χ0n) is 1.71. The Bertz CT molecular complexity index is 8.00. The molecule has 0 aromatic carbocycles. The van der Waals surface area contributed by atoms with Gasteiger partial charge in [-0.3, -0.25) is 0 Å². The molecular weight excluding hydrogens is 114 g/mol. The zero-order chi connectivity index (χ0) is 0. The van der Waals surface area contributed by atoms with Crippen LogP contribution in [0.5, 0.6) is 0 Å². The summed E-state index contributed by atoms with van der Waals surface area (Å²) in [6, 6.07) is 0. The molecule has 0 unspecified atom stereocenters. The molecule has 0 aliphatic rings. The van der Waals surface area contributed by atoms with Crippen LogP contribution in [-0.4, -0.2) is 0 Å². The smallest absolute Gasteiger partial charge is 0 e. The van der Waals surface area contributed by atoms with E-state index in [0.29, 0.717) is 0 Å². The summed E-state index contributed by atoms with van der Waals surface area (Å²) < 4.78 is 0. The van der Waals surface area contributed by atoms with Gasteiger partial charge in [-0.1, -0.05) is 0 Å². The van der Waals surface area contributed by atoms with Crippen LogP contribution in [0.25, 0.3) is 0 Å². The average molecular weight is 114 g/mol. The molecule has 0 aromatic heterocycles. The summed E-state index contributed by atoms with van der Waals surface area (Å²) in [6.07, 6.45) is 0. The molecule has 0 fully saturated rings. The predicted molar refractivity (Wildman–Crippen MR) is 13.0 cm³/mol. The van der Waals surface area contributed by atoms with Gasteiger partial charge < -0.3 is 0 Å². The summed E-state index contributed by atoms with van der Waals surface area (Å²) in [5.74, 6) is 0. The van der Waals surface area contributed by atoms with Gasteiger partial charge in [0.1, 0.15) is 0 Å². The average Bonchev–Trinajstić information content (AvgIpc) is 0. The molecule has 0 saturated carbocycles. The second-order valence-electron chi connectivity index (χ2n) is 0. The summed E-state index contributed by atoms with van der Waals surface area (Å²) in [4.78, 5) is 0. The minimum atomic E-state index is 0. The van der Waals surface area contributed by atoms with Crippen molar-refractivity contribution in [1.82, 2.24) is 6.15 Å². The van der Waals surface area contributed by atoms with Crippen LogP contribution in [0.2, 0.25) is 0 Å². The quantitative estimate of drug-likeness (QED) is 0.404. The number of nitrogens with zero attached hydrogens (tertiary/aromatic N) is 1. The Morgan fingerprint density at radius 3 is 1.00 bits per heavy atom. The van der Waals surface area contributed by atoms with Gasteiger partial charge in [0, 0.05) is 44.1 Å². The van der Waals surface area contributed by atoms with Crippen LogP contribution in [0.15, 0.2) is 0 Å². The van der Waals surface area contributed by atoms with E-state index in [0.717, 1.165) is 0 Å². The Morgan fingerprint density at radius 1 is 1.00 bits per heavy atom. The molecule has 0 bridgehead atoms. The van der Waals surface area contributed by atoms with Crippen molar-refractivity contribution in [2.75, 3.05) is 0 Å². The van der Waals surface area contributed by atoms with Crippen LogP contribution in [0, 0.1) is 7.43 Å². The molecule has 0 aromatic rings.